The Morgan fingerprint density at radius 3 is 2.24 bits per heavy atom. The van der Waals surface area contributed by atoms with Crippen molar-refractivity contribution in [2.45, 2.75) is 83.5 Å². The number of rotatable bonds is 8. The van der Waals surface area contributed by atoms with Gasteiger partial charge in [-0.05, 0) is 65.1 Å². The van der Waals surface area contributed by atoms with E-state index in [1.807, 2.05) is 0 Å². The van der Waals surface area contributed by atoms with Gasteiger partial charge >= 0.3 is 0 Å². The zero-order valence-corrected chi connectivity index (χ0v) is 14.9. The molecule has 2 aliphatic heterocycles. The first-order chi connectivity index (χ1) is 10.0. The molecule has 21 heavy (non-hydrogen) atoms. The van der Waals surface area contributed by atoms with E-state index in [0.717, 1.165) is 30.1 Å². The minimum atomic E-state index is 0.754. The Hall–Kier alpha value is -0.120. The number of piperidine rings is 1. The maximum Gasteiger partial charge on any atom is 0.0231 e. The maximum atomic E-state index is 3.78. The Morgan fingerprint density at radius 1 is 1.14 bits per heavy atom. The third-order valence-electron chi connectivity index (χ3n) is 5.21. The number of hydrogen-bond donors (Lipinski definition) is 1. The van der Waals surface area contributed by atoms with E-state index >= 15 is 0 Å². The van der Waals surface area contributed by atoms with Crippen LogP contribution in [-0.4, -0.2) is 61.2 Å². The van der Waals surface area contributed by atoms with Crippen LogP contribution in [0, 0.1) is 5.92 Å². The minimum Gasteiger partial charge on any atom is -0.314 e. The van der Waals surface area contributed by atoms with Gasteiger partial charge < -0.3 is 10.2 Å². The summed E-state index contributed by atoms with van der Waals surface area (Å²) in [6.45, 7) is 9.43. The van der Waals surface area contributed by atoms with Crippen LogP contribution in [0.5, 0.6) is 0 Å². The van der Waals surface area contributed by atoms with Crippen LogP contribution in [0.2, 0.25) is 0 Å². The quantitative estimate of drug-likeness (QED) is 0.743. The van der Waals surface area contributed by atoms with Crippen molar-refractivity contribution in [3.05, 3.63) is 0 Å². The lowest BCUT2D eigenvalue weighted by Gasteiger charge is -2.45. The number of hydrogen-bond acceptors (Lipinski definition) is 3. The lowest BCUT2D eigenvalue weighted by molar-refractivity contribution is 0.0468. The van der Waals surface area contributed by atoms with Crippen LogP contribution in [0.15, 0.2) is 0 Å². The Morgan fingerprint density at radius 2 is 1.76 bits per heavy atom. The van der Waals surface area contributed by atoms with E-state index in [0.29, 0.717) is 0 Å². The summed E-state index contributed by atoms with van der Waals surface area (Å²) in [5.41, 5.74) is 0. The molecule has 2 rings (SSSR count). The second kappa shape index (κ2) is 7.94. The number of likely N-dealkylation sites (N-methyl/N-ethyl adjacent to an activating group) is 1. The second-order valence-corrected chi connectivity index (χ2v) is 8.00. The van der Waals surface area contributed by atoms with Crippen LogP contribution in [-0.2, 0) is 0 Å². The van der Waals surface area contributed by atoms with E-state index < -0.39 is 0 Å². The highest BCUT2D eigenvalue weighted by molar-refractivity contribution is 5.00. The van der Waals surface area contributed by atoms with Crippen molar-refractivity contribution >= 4 is 0 Å². The zero-order chi connectivity index (χ0) is 15.4. The molecule has 3 heteroatoms. The lowest BCUT2D eigenvalue weighted by Crippen LogP contribution is -2.55. The highest BCUT2D eigenvalue weighted by Crippen LogP contribution is 2.38. The Labute approximate surface area is 132 Å². The lowest BCUT2D eigenvalue weighted by atomic mass is 9.92. The molecule has 2 fully saturated rings. The standard InChI is InChI=1S/C18H37N3/c1-6-9-19-15-11-16-7-8-17(12-15)21(16)18(10-14(2)3)13-20(4)5/h14-19H,6-13H2,1-5H3. The van der Waals surface area contributed by atoms with E-state index in [9.17, 15) is 0 Å². The van der Waals surface area contributed by atoms with Gasteiger partial charge in [0.05, 0.1) is 0 Å². The smallest absolute Gasteiger partial charge is 0.0231 e. The maximum absolute atomic E-state index is 3.78. The predicted molar refractivity (Wildman–Crippen MR) is 91.8 cm³/mol. The molecule has 3 atom stereocenters. The molecular formula is C18H37N3. The second-order valence-electron chi connectivity index (χ2n) is 8.00. The van der Waals surface area contributed by atoms with Gasteiger partial charge in [-0.2, -0.15) is 0 Å². The first kappa shape index (κ1) is 17.2. The Balaban J connectivity index is 1.98. The molecule has 0 radical (unpaired) electrons. The molecule has 2 aliphatic rings. The highest BCUT2D eigenvalue weighted by atomic mass is 15.3. The molecular weight excluding hydrogens is 258 g/mol. The van der Waals surface area contributed by atoms with E-state index in [-0.39, 0.29) is 0 Å². The molecule has 2 heterocycles. The molecule has 0 aromatic heterocycles. The van der Waals surface area contributed by atoms with Gasteiger partial charge in [-0.15, -0.1) is 0 Å². The average molecular weight is 296 g/mol. The van der Waals surface area contributed by atoms with Gasteiger partial charge in [0.1, 0.15) is 0 Å². The third kappa shape index (κ3) is 4.67. The van der Waals surface area contributed by atoms with Crippen molar-refractivity contribution in [1.82, 2.24) is 15.1 Å². The van der Waals surface area contributed by atoms with Gasteiger partial charge in [0.2, 0.25) is 0 Å². The summed E-state index contributed by atoms with van der Waals surface area (Å²) in [6, 6.07) is 3.20. The summed E-state index contributed by atoms with van der Waals surface area (Å²) in [5.74, 6) is 0.797. The molecule has 0 aromatic rings. The van der Waals surface area contributed by atoms with Crippen LogP contribution in [0.3, 0.4) is 0 Å². The molecule has 0 saturated carbocycles. The summed E-state index contributed by atoms with van der Waals surface area (Å²) >= 11 is 0. The number of fused-ring (bicyclic) bond motifs is 2. The van der Waals surface area contributed by atoms with Crippen molar-refractivity contribution in [2.24, 2.45) is 5.92 Å². The van der Waals surface area contributed by atoms with Gasteiger partial charge in [-0.1, -0.05) is 20.8 Å². The molecule has 2 bridgehead atoms. The van der Waals surface area contributed by atoms with Crippen LogP contribution < -0.4 is 5.32 Å². The summed E-state index contributed by atoms with van der Waals surface area (Å²) in [4.78, 5) is 5.30. The van der Waals surface area contributed by atoms with Gasteiger partial charge in [0, 0.05) is 30.7 Å². The molecule has 3 nitrogen and oxygen atoms in total. The van der Waals surface area contributed by atoms with Crippen LogP contribution >= 0.6 is 0 Å². The van der Waals surface area contributed by atoms with Gasteiger partial charge in [-0.25, -0.2) is 0 Å². The normalized spacial score (nSPS) is 31.3. The predicted octanol–water partition coefficient (Wildman–Crippen LogP) is 2.96. The topological polar surface area (TPSA) is 18.5 Å². The van der Waals surface area contributed by atoms with E-state index in [2.05, 4.69) is 50.0 Å². The number of nitrogens with one attached hydrogen (secondary N) is 1. The molecule has 1 N–H and O–H groups in total. The van der Waals surface area contributed by atoms with Crippen molar-refractivity contribution in [3.63, 3.8) is 0 Å². The van der Waals surface area contributed by atoms with Crippen LogP contribution in [0.25, 0.3) is 0 Å². The van der Waals surface area contributed by atoms with Crippen molar-refractivity contribution in [3.8, 4) is 0 Å². The summed E-state index contributed by atoms with van der Waals surface area (Å²) < 4.78 is 0. The highest BCUT2D eigenvalue weighted by Gasteiger charge is 2.43. The molecule has 3 unspecified atom stereocenters. The summed E-state index contributed by atoms with van der Waals surface area (Å²) in [5, 5.41) is 3.78. The Kier molecular flexibility index (Phi) is 6.51. The van der Waals surface area contributed by atoms with Gasteiger partial charge in [0.25, 0.3) is 0 Å². The molecule has 0 aliphatic carbocycles. The SMILES string of the molecule is CCCNC1CC2CCC(C1)N2C(CC(C)C)CN(C)C. The van der Waals surface area contributed by atoms with Crippen LogP contribution in [0.1, 0.15) is 59.3 Å². The molecule has 0 aromatic carbocycles. The minimum absolute atomic E-state index is 0.754. The van der Waals surface area contributed by atoms with E-state index in [4.69, 9.17) is 0 Å². The van der Waals surface area contributed by atoms with Crippen molar-refractivity contribution < 1.29 is 0 Å². The largest absolute Gasteiger partial charge is 0.314 e. The van der Waals surface area contributed by atoms with E-state index in [1.165, 1.54) is 51.6 Å². The zero-order valence-electron chi connectivity index (χ0n) is 14.9. The fourth-order valence-electron chi connectivity index (χ4n) is 4.58. The molecule has 2 saturated heterocycles. The summed E-state index contributed by atoms with van der Waals surface area (Å²) in [6.07, 6.45) is 8.20. The Bertz CT molecular complexity index is 279. The van der Waals surface area contributed by atoms with Gasteiger partial charge in [0.15, 0.2) is 0 Å². The first-order valence-electron chi connectivity index (χ1n) is 9.16. The molecule has 0 amide bonds. The summed E-state index contributed by atoms with van der Waals surface area (Å²) in [7, 11) is 4.45. The van der Waals surface area contributed by atoms with Crippen molar-refractivity contribution in [1.29, 1.82) is 0 Å². The fourth-order valence-corrected chi connectivity index (χ4v) is 4.58. The average Bonchev–Trinajstić information content (AvgIpc) is 2.66. The monoisotopic (exact) mass is 295 g/mol. The fraction of sp³-hybridized carbons (Fsp3) is 1.00. The van der Waals surface area contributed by atoms with Crippen LogP contribution in [0.4, 0.5) is 0 Å². The van der Waals surface area contributed by atoms with Crippen molar-refractivity contribution in [2.75, 3.05) is 27.2 Å². The van der Waals surface area contributed by atoms with Gasteiger partial charge in [-0.3, -0.25) is 4.90 Å². The molecule has 124 valence electrons. The molecule has 0 spiro atoms. The third-order valence-corrected chi connectivity index (χ3v) is 5.21. The van der Waals surface area contributed by atoms with E-state index in [1.54, 1.807) is 0 Å². The number of nitrogens with zero attached hydrogens (tertiary/aromatic N) is 2. The first-order valence-corrected chi connectivity index (χ1v) is 9.16.